The summed E-state index contributed by atoms with van der Waals surface area (Å²) in [7, 11) is 0. The third-order valence-electron chi connectivity index (χ3n) is 0.354. The number of guanidine groups is 2. The maximum Gasteiger partial charge on any atom is 0.230 e. The van der Waals surface area contributed by atoms with Crippen molar-refractivity contribution in [2.75, 3.05) is 0 Å². The van der Waals surface area contributed by atoms with Crippen LogP contribution < -0.4 is 16.8 Å². The normalized spacial score (nSPS) is 10.9. The molecule has 0 bridgehead atoms. The molecule has 0 aliphatic rings. The van der Waals surface area contributed by atoms with Crippen LogP contribution in [0.3, 0.4) is 0 Å². The Morgan fingerprint density at radius 3 is 2.25 bits per heavy atom. The van der Waals surface area contributed by atoms with Crippen LogP contribution in [0.25, 0.3) is 0 Å². The first-order valence-electron chi connectivity index (χ1n) is 1.72. The number of hydrogen-bond donors (Lipinski definition) is 4. The van der Waals surface area contributed by atoms with Crippen LogP contribution in [-0.2, 0) is 0 Å². The van der Waals surface area contributed by atoms with Crippen LogP contribution in [0.1, 0.15) is 0 Å². The molecular formula is C2H6FN5. The number of nitrogens with zero attached hydrogens (tertiary/aromatic N) is 1. The first kappa shape index (κ1) is 6.67. The van der Waals surface area contributed by atoms with E-state index in [0.717, 1.165) is 0 Å². The Kier molecular flexibility index (Phi) is 2.32. The average Bonchev–Trinajstić information content (AvgIpc) is 1.65. The fraction of sp³-hybridized carbons (Fsp3) is 0. The molecule has 0 radical (unpaired) electrons. The Hall–Kier alpha value is -1.33. The van der Waals surface area contributed by atoms with Crippen LogP contribution >= 0.6 is 0 Å². The quantitative estimate of drug-likeness (QED) is 0.235. The maximum absolute atomic E-state index is 11.0. The van der Waals surface area contributed by atoms with Crippen molar-refractivity contribution in [3.05, 3.63) is 0 Å². The van der Waals surface area contributed by atoms with E-state index in [9.17, 15) is 4.48 Å². The van der Waals surface area contributed by atoms with Crippen molar-refractivity contribution < 1.29 is 4.48 Å². The number of nitrogens with two attached hydrogens (primary N) is 2. The van der Waals surface area contributed by atoms with E-state index in [1.165, 1.54) is 0 Å². The predicted molar refractivity (Wildman–Crippen MR) is 27.8 cm³/mol. The van der Waals surface area contributed by atoms with E-state index in [1.54, 1.807) is 0 Å². The number of nitrogens with one attached hydrogen (secondary N) is 2. The molecule has 0 heterocycles. The van der Waals surface area contributed by atoms with Gasteiger partial charge >= 0.3 is 0 Å². The SMILES string of the molecule is N=C(N)N/C(N)=N/F. The first-order chi connectivity index (χ1) is 3.66. The van der Waals surface area contributed by atoms with E-state index in [1.807, 2.05) is 10.5 Å². The number of hydrogen-bond acceptors (Lipinski definition) is 2. The fourth-order valence-corrected chi connectivity index (χ4v) is 0.159. The lowest BCUT2D eigenvalue weighted by atomic mass is 10.9. The number of halogens is 1. The second-order valence-corrected chi connectivity index (χ2v) is 1.01. The van der Waals surface area contributed by atoms with Crippen LogP contribution in [0.15, 0.2) is 5.21 Å². The van der Waals surface area contributed by atoms with Crippen molar-refractivity contribution in [2.45, 2.75) is 0 Å². The minimum atomic E-state index is -0.516. The zero-order chi connectivity index (χ0) is 6.57. The largest absolute Gasteiger partial charge is 0.370 e. The summed E-state index contributed by atoms with van der Waals surface area (Å²) in [4.78, 5) is 0. The molecule has 46 valence electrons. The van der Waals surface area contributed by atoms with Crippen molar-refractivity contribution in [3.63, 3.8) is 0 Å². The fourth-order valence-electron chi connectivity index (χ4n) is 0.159. The molecule has 6 heteroatoms. The summed E-state index contributed by atoms with van der Waals surface area (Å²) in [6.45, 7) is 0. The molecule has 6 N–H and O–H groups in total. The Labute approximate surface area is 45.0 Å². The first-order valence-corrected chi connectivity index (χ1v) is 1.72. The van der Waals surface area contributed by atoms with Crippen LogP contribution in [0.2, 0.25) is 0 Å². The Bertz CT molecular complexity index is 118. The monoisotopic (exact) mass is 119 g/mol. The van der Waals surface area contributed by atoms with Crippen LogP contribution in [-0.4, -0.2) is 11.9 Å². The summed E-state index contributed by atoms with van der Waals surface area (Å²) in [6, 6.07) is 0. The topological polar surface area (TPSA) is 100 Å². The molecule has 0 aromatic rings. The molecule has 0 aromatic heterocycles. The van der Waals surface area contributed by atoms with Crippen molar-refractivity contribution in [2.24, 2.45) is 16.7 Å². The van der Waals surface area contributed by atoms with Gasteiger partial charge in [0, 0.05) is 0 Å². The van der Waals surface area contributed by atoms with Gasteiger partial charge in [0.05, 0.1) is 0 Å². The zero-order valence-corrected chi connectivity index (χ0v) is 3.98. The molecule has 8 heavy (non-hydrogen) atoms. The molecule has 0 saturated carbocycles. The Balaban J connectivity index is 3.56. The molecule has 0 unspecified atom stereocenters. The highest BCUT2D eigenvalue weighted by Crippen LogP contribution is 1.62. The van der Waals surface area contributed by atoms with Gasteiger partial charge in [-0.05, 0) is 0 Å². The second kappa shape index (κ2) is 2.78. The molecule has 0 fully saturated rings. The molecule has 0 aliphatic carbocycles. The van der Waals surface area contributed by atoms with Gasteiger partial charge in [-0.15, -0.1) is 0 Å². The molecule has 0 rings (SSSR count). The van der Waals surface area contributed by atoms with Gasteiger partial charge in [-0.25, -0.2) is 0 Å². The van der Waals surface area contributed by atoms with Crippen molar-refractivity contribution in [3.8, 4) is 0 Å². The standard InChI is InChI=1S/C2H6FN5/c3-8-2(6)7-1(4)5/h(H6,4,5,6,7,8). The zero-order valence-electron chi connectivity index (χ0n) is 3.98. The van der Waals surface area contributed by atoms with Gasteiger partial charge in [-0.1, -0.05) is 9.70 Å². The summed E-state index contributed by atoms with van der Waals surface area (Å²) in [5, 5.41) is 10.4. The summed E-state index contributed by atoms with van der Waals surface area (Å²) < 4.78 is 11.0. The predicted octanol–water partition coefficient (Wildman–Crippen LogP) is -1.33. The van der Waals surface area contributed by atoms with E-state index < -0.39 is 11.9 Å². The molecule has 0 aromatic carbocycles. The van der Waals surface area contributed by atoms with Gasteiger partial charge in [0.25, 0.3) is 0 Å². The molecule has 0 spiro atoms. The van der Waals surface area contributed by atoms with Gasteiger partial charge in [0.15, 0.2) is 5.96 Å². The lowest BCUT2D eigenvalue weighted by Crippen LogP contribution is -2.40. The Morgan fingerprint density at radius 2 is 2.12 bits per heavy atom. The highest BCUT2D eigenvalue weighted by molar-refractivity contribution is 5.95. The lowest BCUT2D eigenvalue weighted by molar-refractivity contribution is 0.532. The van der Waals surface area contributed by atoms with Gasteiger partial charge in [-0.3, -0.25) is 10.7 Å². The summed E-state index contributed by atoms with van der Waals surface area (Å²) in [5.41, 5.74) is 9.43. The van der Waals surface area contributed by atoms with E-state index >= 15 is 0 Å². The van der Waals surface area contributed by atoms with Gasteiger partial charge in [-0.2, -0.15) is 0 Å². The highest BCUT2D eigenvalue weighted by Gasteiger charge is 1.88. The van der Waals surface area contributed by atoms with Crippen LogP contribution in [0.5, 0.6) is 0 Å². The van der Waals surface area contributed by atoms with Crippen molar-refractivity contribution >= 4 is 11.9 Å². The lowest BCUT2D eigenvalue weighted by Gasteiger charge is -1.95. The van der Waals surface area contributed by atoms with E-state index in [4.69, 9.17) is 16.9 Å². The molecular weight excluding hydrogens is 113 g/mol. The molecule has 0 saturated heterocycles. The maximum atomic E-state index is 11.0. The van der Waals surface area contributed by atoms with E-state index in [-0.39, 0.29) is 0 Å². The summed E-state index contributed by atoms with van der Waals surface area (Å²) in [5.74, 6) is -0.957. The summed E-state index contributed by atoms with van der Waals surface area (Å²) in [6.07, 6.45) is 0. The molecule has 5 nitrogen and oxygen atoms in total. The third kappa shape index (κ3) is 2.88. The molecule has 0 aliphatic heterocycles. The van der Waals surface area contributed by atoms with Gasteiger partial charge in [0.1, 0.15) is 0 Å². The van der Waals surface area contributed by atoms with Crippen molar-refractivity contribution in [1.29, 1.82) is 5.41 Å². The summed E-state index contributed by atoms with van der Waals surface area (Å²) >= 11 is 0. The van der Waals surface area contributed by atoms with Crippen molar-refractivity contribution in [1.82, 2.24) is 5.32 Å². The average molecular weight is 119 g/mol. The van der Waals surface area contributed by atoms with Crippen LogP contribution in [0, 0.1) is 5.41 Å². The Morgan fingerprint density at radius 1 is 1.62 bits per heavy atom. The van der Waals surface area contributed by atoms with Crippen LogP contribution in [0.4, 0.5) is 4.48 Å². The van der Waals surface area contributed by atoms with E-state index in [0.29, 0.717) is 0 Å². The highest BCUT2D eigenvalue weighted by atomic mass is 19.2. The minimum Gasteiger partial charge on any atom is -0.370 e. The third-order valence-corrected chi connectivity index (χ3v) is 0.354. The smallest absolute Gasteiger partial charge is 0.230 e. The van der Waals surface area contributed by atoms with E-state index in [2.05, 4.69) is 0 Å². The minimum absolute atomic E-state index is 0.441. The van der Waals surface area contributed by atoms with Gasteiger partial charge in [0.2, 0.25) is 5.96 Å². The number of rotatable bonds is 0. The molecule has 0 atom stereocenters. The second-order valence-electron chi connectivity index (χ2n) is 1.01. The molecule has 0 amide bonds. The van der Waals surface area contributed by atoms with Gasteiger partial charge < -0.3 is 11.5 Å².